The molecule has 0 saturated heterocycles. The molecule has 0 aromatic carbocycles. The number of anilines is 1. The minimum absolute atomic E-state index is 0.668. The van der Waals surface area contributed by atoms with Crippen molar-refractivity contribution in [2.75, 3.05) is 5.32 Å². The molecule has 5 heteroatoms. The molecule has 15 heavy (non-hydrogen) atoms. The Hall–Kier alpha value is -1.91. The Morgan fingerprint density at radius 1 is 1.47 bits per heavy atom. The van der Waals surface area contributed by atoms with Crippen molar-refractivity contribution in [1.82, 2.24) is 19.7 Å². The summed E-state index contributed by atoms with van der Waals surface area (Å²) < 4.78 is 1.89. The summed E-state index contributed by atoms with van der Waals surface area (Å²) in [5.74, 6) is 0.909. The lowest BCUT2D eigenvalue weighted by molar-refractivity contribution is 0.811. The molecule has 0 saturated carbocycles. The molecule has 0 amide bonds. The highest BCUT2D eigenvalue weighted by Crippen LogP contribution is 2.12. The largest absolute Gasteiger partial charge is 0.377 e. The Morgan fingerprint density at radius 3 is 3.00 bits per heavy atom. The van der Waals surface area contributed by atoms with E-state index in [1.54, 1.807) is 12.5 Å². The van der Waals surface area contributed by atoms with Gasteiger partial charge in [0.05, 0.1) is 6.54 Å². The van der Waals surface area contributed by atoms with Gasteiger partial charge in [-0.1, -0.05) is 0 Å². The zero-order chi connectivity index (χ0) is 10.7. The van der Waals surface area contributed by atoms with Gasteiger partial charge in [-0.05, 0) is 18.6 Å². The summed E-state index contributed by atoms with van der Waals surface area (Å²) in [6, 6.07) is 1.95. The number of pyridine rings is 1. The van der Waals surface area contributed by atoms with E-state index in [0.29, 0.717) is 6.54 Å². The summed E-state index contributed by atoms with van der Waals surface area (Å²) in [6.45, 7) is 2.69. The first-order valence-corrected chi connectivity index (χ1v) is 4.75. The van der Waals surface area contributed by atoms with Crippen LogP contribution < -0.4 is 5.32 Å². The zero-order valence-corrected chi connectivity index (χ0v) is 8.81. The molecular weight excluding hydrogens is 190 g/mol. The van der Waals surface area contributed by atoms with Gasteiger partial charge in [0.25, 0.3) is 0 Å². The van der Waals surface area contributed by atoms with Crippen molar-refractivity contribution in [2.24, 2.45) is 7.05 Å². The molecule has 0 aliphatic rings. The van der Waals surface area contributed by atoms with E-state index >= 15 is 0 Å². The first-order valence-electron chi connectivity index (χ1n) is 4.75. The molecule has 0 aliphatic carbocycles. The van der Waals surface area contributed by atoms with Gasteiger partial charge in [0.1, 0.15) is 6.33 Å². The predicted octanol–water partition coefficient (Wildman–Crippen LogP) is 1.13. The molecular formula is C10H13N5. The molecule has 0 bridgehead atoms. The van der Waals surface area contributed by atoms with Crippen molar-refractivity contribution in [3.05, 3.63) is 36.2 Å². The normalized spacial score (nSPS) is 10.3. The van der Waals surface area contributed by atoms with E-state index in [9.17, 15) is 0 Å². The third-order valence-corrected chi connectivity index (χ3v) is 2.26. The molecule has 2 aromatic heterocycles. The van der Waals surface area contributed by atoms with Crippen LogP contribution in [-0.2, 0) is 13.6 Å². The first-order chi connectivity index (χ1) is 7.27. The second-order valence-electron chi connectivity index (χ2n) is 3.40. The van der Waals surface area contributed by atoms with Gasteiger partial charge in [-0.3, -0.25) is 4.98 Å². The number of aryl methyl sites for hydroxylation is 2. The lowest BCUT2D eigenvalue weighted by Crippen LogP contribution is -2.06. The molecule has 2 aromatic rings. The van der Waals surface area contributed by atoms with Crippen LogP contribution in [0, 0.1) is 6.92 Å². The van der Waals surface area contributed by atoms with Crippen molar-refractivity contribution in [3.63, 3.8) is 0 Å². The van der Waals surface area contributed by atoms with Gasteiger partial charge in [0.2, 0.25) is 0 Å². The number of rotatable bonds is 3. The Labute approximate surface area is 88.2 Å². The van der Waals surface area contributed by atoms with Gasteiger partial charge in [0.15, 0.2) is 5.82 Å². The molecule has 0 fully saturated rings. The Kier molecular flexibility index (Phi) is 2.62. The molecule has 0 spiro atoms. The number of aromatic nitrogens is 4. The molecule has 0 aliphatic heterocycles. The highest BCUT2D eigenvalue weighted by Gasteiger charge is 2.01. The molecule has 2 heterocycles. The second-order valence-corrected chi connectivity index (χ2v) is 3.40. The Bertz CT molecular complexity index is 449. The van der Waals surface area contributed by atoms with Gasteiger partial charge in [0, 0.05) is 25.1 Å². The average Bonchev–Trinajstić information content (AvgIpc) is 2.63. The quantitative estimate of drug-likeness (QED) is 0.812. The van der Waals surface area contributed by atoms with Crippen molar-refractivity contribution in [1.29, 1.82) is 0 Å². The van der Waals surface area contributed by atoms with Crippen LogP contribution in [0.25, 0.3) is 0 Å². The fourth-order valence-corrected chi connectivity index (χ4v) is 1.31. The maximum absolute atomic E-state index is 4.03. The standard InChI is InChI=1S/C10H13N5/c1-8-5-11-4-3-9(8)12-6-10-14-13-7-15(10)2/h3-5,7H,6H2,1-2H3,(H,11,12). The molecule has 0 radical (unpaired) electrons. The Morgan fingerprint density at radius 2 is 2.33 bits per heavy atom. The minimum Gasteiger partial charge on any atom is -0.377 e. The molecule has 78 valence electrons. The van der Waals surface area contributed by atoms with Crippen LogP contribution in [0.3, 0.4) is 0 Å². The van der Waals surface area contributed by atoms with E-state index < -0.39 is 0 Å². The topological polar surface area (TPSA) is 55.6 Å². The number of nitrogens with one attached hydrogen (secondary N) is 1. The van der Waals surface area contributed by atoms with Crippen molar-refractivity contribution < 1.29 is 0 Å². The van der Waals surface area contributed by atoms with Crippen LogP contribution in [-0.4, -0.2) is 19.7 Å². The van der Waals surface area contributed by atoms with E-state index in [-0.39, 0.29) is 0 Å². The third-order valence-electron chi connectivity index (χ3n) is 2.26. The van der Waals surface area contributed by atoms with E-state index in [2.05, 4.69) is 20.5 Å². The highest BCUT2D eigenvalue weighted by atomic mass is 15.3. The summed E-state index contributed by atoms with van der Waals surface area (Å²) in [6.07, 6.45) is 5.29. The van der Waals surface area contributed by atoms with Crippen LogP contribution in [0.1, 0.15) is 11.4 Å². The number of hydrogen-bond donors (Lipinski definition) is 1. The minimum atomic E-state index is 0.668. The van der Waals surface area contributed by atoms with Crippen molar-refractivity contribution in [3.8, 4) is 0 Å². The van der Waals surface area contributed by atoms with Gasteiger partial charge >= 0.3 is 0 Å². The molecule has 2 rings (SSSR count). The third kappa shape index (κ3) is 2.12. The van der Waals surface area contributed by atoms with Gasteiger partial charge in [-0.2, -0.15) is 0 Å². The summed E-state index contributed by atoms with van der Waals surface area (Å²) in [5.41, 5.74) is 2.20. The van der Waals surface area contributed by atoms with Gasteiger partial charge < -0.3 is 9.88 Å². The average molecular weight is 203 g/mol. The van der Waals surface area contributed by atoms with E-state index in [1.807, 2.05) is 30.8 Å². The summed E-state index contributed by atoms with van der Waals surface area (Å²) in [5, 5.41) is 11.1. The Balaban J connectivity index is 2.06. The van der Waals surface area contributed by atoms with Crippen molar-refractivity contribution >= 4 is 5.69 Å². The SMILES string of the molecule is Cc1cnccc1NCc1nncn1C. The molecule has 1 N–H and O–H groups in total. The van der Waals surface area contributed by atoms with Crippen LogP contribution in [0.5, 0.6) is 0 Å². The second kappa shape index (κ2) is 4.08. The highest BCUT2D eigenvalue weighted by molar-refractivity contribution is 5.48. The van der Waals surface area contributed by atoms with Gasteiger partial charge in [-0.25, -0.2) is 0 Å². The van der Waals surface area contributed by atoms with Crippen LogP contribution >= 0.6 is 0 Å². The fourth-order valence-electron chi connectivity index (χ4n) is 1.31. The first kappa shape index (κ1) is 9.64. The molecule has 0 unspecified atom stereocenters. The maximum Gasteiger partial charge on any atom is 0.151 e. The van der Waals surface area contributed by atoms with Crippen LogP contribution in [0.15, 0.2) is 24.8 Å². The summed E-state index contributed by atoms with van der Waals surface area (Å²) in [7, 11) is 1.93. The van der Waals surface area contributed by atoms with Crippen LogP contribution in [0.4, 0.5) is 5.69 Å². The lowest BCUT2D eigenvalue weighted by Gasteiger charge is -2.07. The predicted molar refractivity (Wildman–Crippen MR) is 57.3 cm³/mol. The van der Waals surface area contributed by atoms with E-state index in [1.165, 1.54) is 0 Å². The van der Waals surface area contributed by atoms with E-state index in [4.69, 9.17) is 0 Å². The fraction of sp³-hybridized carbons (Fsp3) is 0.300. The summed E-state index contributed by atoms with van der Waals surface area (Å²) >= 11 is 0. The zero-order valence-electron chi connectivity index (χ0n) is 8.81. The lowest BCUT2D eigenvalue weighted by atomic mass is 10.2. The summed E-state index contributed by atoms with van der Waals surface area (Å²) in [4.78, 5) is 4.03. The smallest absolute Gasteiger partial charge is 0.151 e. The molecule has 0 atom stereocenters. The van der Waals surface area contributed by atoms with Crippen LogP contribution in [0.2, 0.25) is 0 Å². The van der Waals surface area contributed by atoms with Gasteiger partial charge in [-0.15, -0.1) is 10.2 Å². The number of hydrogen-bond acceptors (Lipinski definition) is 4. The number of nitrogens with zero attached hydrogens (tertiary/aromatic N) is 4. The maximum atomic E-state index is 4.03. The molecule has 5 nitrogen and oxygen atoms in total. The van der Waals surface area contributed by atoms with E-state index in [0.717, 1.165) is 17.1 Å². The van der Waals surface area contributed by atoms with Crippen molar-refractivity contribution in [2.45, 2.75) is 13.5 Å². The monoisotopic (exact) mass is 203 g/mol.